The molecule has 3 rings (SSSR count). The highest BCUT2D eigenvalue weighted by Crippen LogP contribution is 2.27. The molecule has 162 valence electrons. The van der Waals surface area contributed by atoms with Crippen LogP contribution in [0.1, 0.15) is 24.0 Å². The van der Waals surface area contributed by atoms with Crippen LogP contribution in [-0.2, 0) is 23.9 Å². The van der Waals surface area contributed by atoms with Crippen molar-refractivity contribution in [3.05, 3.63) is 58.5 Å². The molecule has 2 N–H and O–H groups in total. The van der Waals surface area contributed by atoms with Crippen LogP contribution in [0.4, 0.5) is 17.6 Å². The summed E-state index contributed by atoms with van der Waals surface area (Å²) < 4.78 is 53.1. The van der Waals surface area contributed by atoms with Crippen LogP contribution in [0.2, 0.25) is 5.02 Å². The second-order valence-electron chi connectivity index (χ2n) is 6.75. The number of hydrogen-bond acceptors (Lipinski definition) is 4. The first-order chi connectivity index (χ1) is 14.6. The summed E-state index contributed by atoms with van der Waals surface area (Å²) in [6, 6.07) is 5.49. The summed E-state index contributed by atoms with van der Waals surface area (Å²) in [4.78, 5) is 17.4. The molecule has 0 unspecified atom stereocenters. The number of imidazole rings is 1. The highest BCUT2D eigenvalue weighted by atomic mass is 35.5. The van der Waals surface area contributed by atoms with E-state index < -0.39 is 29.8 Å². The van der Waals surface area contributed by atoms with Gasteiger partial charge in [-0.25, -0.2) is 9.37 Å². The van der Waals surface area contributed by atoms with Gasteiger partial charge in [0.15, 0.2) is 0 Å². The van der Waals surface area contributed by atoms with Gasteiger partial charge in [-0.3, -0.25) is 9.48 Å². The lowest BCUT2D eigenvalue weighted by molar-refractivity contribution is -0.144. The molecule has 7 nitrogen and oxygen atoms in total. The van der Waals surface area contributed by atoms with Crippen molar-refractivity contribution in [3.8, 4) is 17.3 Å². The molecular weight excluding hydrogens is 440 g/mol. The number of nitrogens with zero attached hydrogens (tertiary/aromatic N) is 4. The Morgan fingerprint density at radius 1 is 1.42 bits per heavy atom. The summed E-state index contributed by atoms with van der Waals surface area (Å²) >= 11 is 5.91. The first kappa shape index (κ1) is 22.3. The molecule has 0 saturated heterocycles. The van der Waals surface area contributed by atoms with E-state index in [1.807, 2.05) is 0 Å². The van der Waals surface area contributed by atoms with Crippen LogP contribution in [0.5, 0.6) is 0 Å². The number of H-pyrrole nitrogens is 1. The molecule has 0 fully saturated rings. The second kappa shape index (κ2) is 8.77. The Hall–Kier alpha value is -3.39. The van der Waals surface area contributed by atoms with Crippen LogP contribution >= 0.6 is 11.6 Å². The quantitative estimate of drug-likeness (QED) is 0.555. The standard InChI is InChI=1S/C19H15ClF4N6O/c1-10(27-17(31)6-12-8-26-18(28-12)19(22,23)24)9-30-3-2-16(29-30)11-4-14(20)13(7-25)15(21)5-11/h2-5,8,10H,6,9H2,1H3,(H,26,28)(H,27,31)/t10-/m0/s1. The van der Waals surface area contributed by atoms with Gasteiger partial charge in [0.2, 0.25) is 11.7 Å². The Balaban J connectivity index is 1.60. The average Bonchev–Trinajstić information content (AvgIpc) is 3.30. The van der Waals surface area contributed by atoms with Gasteiger partial charge in [0, 0.05) is 29.7 Å². The lowest BCUT2D eigenvalue weighted by Gasteiger charge is -2.13. The molecule has 0 saturated carbocycles. The normalized spacial score (nSPS) is 12.4. The van der Waals surface area contributed by atoms with Crippen molar-refractivity contribution in [2.45, 2.75) is 32.1 Å². The summed E-state index contributed by atoms with van der Waals surface area (Å²) in [5, 5.41) is 15.8. The van der Waals surface area contributed by atoms with Crippen LogP contribution < -0.4 is 5.32 Å². The fourth-order valence-corrected chi connectivity index (χ4v) is 3.11. The summed E-state index contributed by atoms with van der Waals surface area (Å²) in [7, 11) is 0. The van der Waals surface area contributed by atoms with Gasteiger partial charge in [0.25, 0.3) is 0 Å². The number of aromatic nitrogens is 4. The fraction of sp³-hybridized carbons (Fsp3) is 0.263. The van der Waals surface area contributed by atoms with Gasteiger partial charge in [0.05, 0.1) is 23.7 Å². The highest BCUT2D eigenvalue weighted by molar-refractivity contribution is 6.32. The van der Waals surface area contributed by atoms with E-state index in [0.717, 1.165) is 12.3 Å². The third-order valence-corrected chi connectivity index (χ3v) is 4.50. The molecule has 3 aromatic rings. The number of halogens is 5. The van der Waals surface area contributed by atoms with Gasteiger partial charge < -0.3 is 10.3 Å². The number of alkyl halides is 3. The molecule has 31 heavy (non-hydrogen) atoms. The number of rotatable bonds is 6. The lowest BCUT2D eigenvalue weighted by Crippen LogP contribution is -2.36. The molecule has 0 aliphatic rings. The number of amides is 1. The van der Waals surface area contributed by atoms with E-state index in [0.29, 0.717) is 11.3 Å². The Kier molecular flexibility index (Phi) is 6.31. The smallest absolute Gasteiger partial charge is 0.351 e. The molecule has 12 heteroatoms. The summed E-state index contributed by atoms with van der Waals surface area (Å²) in [6.07, 6.45) is -2.32. The minimum absolute atomic E-state index is 0.0276. The molecule has 2 heterocycles. The minimum atomic E-state index is -4.61. The lowest BCUT2D eigenvalue weighted by atomic mass is 10.1. The van der Waals surface area contributed by atoms with Crippen LogP contribution in [0.25, 0.3) is 11.3 Å². The summed E-state index contributed by atoms with van der Waals surface area (Å²) in [6.45, 7) is 1.96. The van der Waals surface area contributed by atoms with Gasteiger partial charge in [-0.1, -0.05) is 11.6 Å². The maximum Gasteiger partial charge on any atom is 0.449 e. The van der Waals surface area contributed by atoms with Gasteiger partial charge in [-0.2, -0.15) is 23.5 Å². The van der Waals surface area contributed by atoms with E-state index in [1.165, 1.54) is 10.7 Å². The van der Waals surface area contributed by atoms with Gasteiger partial charge in [-0.05, 0) is 25.1 Å². The van der Waals surface area contributed by atoms with Gasteiger partial charge >= 0.3 is 6.18 Å². The topological polar surface area (TPSA) is 99.4 Å². The van der Waals surface area contributed by atoms with Crippen molar-refractivity contribution in [1.29, 1.82) is 5.26 Å². The molecule has 0 aliphatic carbocycles. The minimum Gasteiger partial charge on any atom is -0.351 e. The molecular formula is C19H15ClF4N6O. The average molecular weight is 455 g/mol. The van der Waals surface area contributed by atoms with Crippen LogP contribution in [0.15, 0.2) is 30.6 Å². The van der Waals surface area contributed by atoms with E-state index in [1.54, 1.807) is 25.3 Å². The van der Waals surface area contributed by atoms with E-state index in [-0.39, 0.29) is 29.2 Å². The van der Waals surface area contributed by atoms with Crippen LogP contribution in [0.3, 0.4) is 0 Å². The molecule has 1 atom stereocenters. The van der Waals surface area contributed by atoms with E-state index >= 15 is 0 Å². The number of benzene rings is 1. The predicted molar refractivity (Wildman–Crippen MR) is 102 cm³/mol. The van der Waals surface area contributed by atoms with Crippen molar-refractivity contribution in [2.75, 3.05) is 0 Å². The molecule has 0 radical (unpaired) electrons. The molecule has 1 amide bonds. The van der Waals surface area contributed by atoms with Crippen molar-refractivity contribution in [2.24, 2.45) is 0 Å². The zero-order valence-corrected chi connectivity index (χ0v) is 16.7. The zero-order valence-electron chi connectivity index (χ0n) is 16.0. The third-order valence-electron chi connectivity index (χ3n) is 4.21. The SMILES string of the molecule is C[C@@H](Cn1ccc(-c2cc(F)c(C#N)c(Cl)c2)n1)NC(=O)Cc1cnc(C(F)(F)F)[nH]1. The Bertz CT molecular complexity index is 1120. The van der Waals surface area contributed by atoms with E-state index in [2.05, 4.69) is 20.4 Å². The number of carbonyl (C=O) groups is 1. The second-order valence-corrected chi connectivity index (χ2v) is 7.16. The van der Waals surface area contributed by atoms with Gasteiger partial charge in [-0.15, -0.1) is 0 Å². The molecule has 2 aromatic heterocycles. The first-order valence-electron chi connectivity index (χ1n) is 8.90. The van der Waals surface area contributed by atoms with Crippen molar-refractivity contribution >= 4 is 17.5 Å². The summed E-state index contributed by atoms with van der Waals surface area (Å²) in [5.41, 5.74) is 0.594. The largest absolute Gasteiger partial charge is 0.449 e. The predicted octanol–water partition coefficient (Wildman–Crippen LogP) is 3.70. The summed E-state index contributed by atoms with van der Waals surface area (Å²) in [5.74, 6) is -2.40. The molecule has 1 aromatic carbocycles. The van der Waals surface area contributed by atoms with E-state index in [4.69, 9.17) is 16.9 Å². The number of aromatic amines is 1. The molecule has 0 bridgehead atoms. The number of hydrogen-bond donors (Lipinski definition) is 2. The fourth-order valence-electron chi connectivity index (χ4n) is 2.86. The Labute approximate surface area is 178 Å². The Morgan fingerprint density at radius 3 is 2.77 bits per heavy atom. The number of nitriles is 1. The molecule has 0 aliphatic heterocycles. The van der Waals surface area contributed by atoms with Gasteiger partial charge in [0.1, 0.15) is 17.4 Å². The van der Waals surface area contributed by atoms with Crippen LogP contribution in [-0.4, -0.2) is 31.7 Å². The maximum atomic E-state index is 13.9. The van der Waals surface area contributed by atoms with Crippen molar-refractivity contribution in [1.82, 2.24) is 25.1 Å². The first-order valence-corrected chi connectivity index (χ1v) is 9.28. The van der Waals surface area contributed by atoms with E-state index in [9.17, 15) is 22.4 Å². The number of carbonyl (C=O) groups excluding carboxylic acids is 1. The zero-order chi connectivity index (χ0) is 22.8. The van der Waals surface area contributed by atoms with Crippen LogP contribution in [0, 0.1) is 17.1 Å². The van der Waals surface area contributed by atoms with Crippen molar-refractivity contribution < 1.29 is 22.4 Å². The highest BCUT2D eigenvalue weighted by Gasteiger charge is 2.34. The van der Waals surface area contributed by atoms with Crippen molar-refractivity contribution in [3.63, 3.8) is 0 Å². The Morgan fingerprint density at radius 2 is 2.16 bits per heavy atom. The maximum absolute atomic E-state index is 13.9. The third kappa shape index (κ3) is 5.40. The molecule has 0 spiro atoms. The number of nitrogens with one attached hydrogen (secondary N) is 2. The monoisotopic (exact) mass is 454 g/mol.